The second-order valence-electron chi connectivity index (χ2n) is 5.48. The van der Waals surface area contributed by atoms with Crippen molar-refractivity contribution in [2.75, 3.05) is 6.54 Å². The molecule has 1 rings (SSSR count). The highest BCUT2D eigenvalue weighted by Gasteiger charge is 2.34. The van der Waals surface area contributed by atoms with Gasteiger partial charge in [0.1, 0.15) is 0 Å². The summed E-state index contributed by atoms with van der Waals surface area (Å²) >= 11 is 0. The molecule has 0 radical (unpaired) electrons. The Labute approximate surface area is 112 Å². The molecule has 1 fully saturated rings. The fourth-order valence-corrected chi connectivity index (χ4v) is 2.71. The molecule has 0 aromatic heterocycles. The van der Waals surface area contributed by atoms with Crippen LogP contribution >= 0.6 is 0 Å². The summed E-state index contributed by atoms with van der Waals surface area (Å²) in [5.74, 6) is 0.318. The molecule has 3 heteroatoms. The Balaban J connectivity index is 2.19. The van der Waals surface area contributed by atoms with Crippen LogP contribution in [0.2, 0.25) is 0 Å². The topological polar surface area (TPSA) is 32.3 Å². The van der Waals surface area contributed by atoms with Crippen molar-refractivity contribution >= 4 is 5.91 Å². The van der Waals surface area contributed by atoms with Crippen molar-refractivity contribution in [1.82, 2.24) is 10.2 Å². The molecule has 1 heterocycles. The van der Waals surface area contributed by atoms with E-state index >= 15 is 0 Å². The first-order valence-corrected chi connectivity index (χ1v) is 7.77. The Hall–Kier alpha value is -0.570. The summed E-state index contributed by atoms with van der Waals surface area (Å²) in [4.78, 5) is 14.2. The maximum atomic E-state index is 12.1. The summed E-state index contributed by atoms with van der Waals surface area (Å²) in [5.41, 5.74) is 0. The van der Waals surface area contributed by atoms with Crippen molar-refractivity contribution in [3.63, 3.8) is 0 Å². The van der Waals surface area contributed by atoms with Crippen molar-refractivity contribution < 1.29 is 4.79 Å². The fourth-order valence-electron chi connectivity index (χ4n) is 2.71. The molecular weight excluding hydrogens is 224 g/mol. The normalized spacial score (nSPS) is 23.9. The van der Waals surface area contributed by atoms with Crippen LogP contribution in [-0.4, -0.2) is 29.6 Å². The van der Waals surface area contributed by atoms with E-state index in [-0.39, 0.29) is 12.2 Å². The molecule has 0 aromatic rings. The quantitative estimate of drug-likeness (QED) is 0.640. The third-order valence-electron chi connectivity index (χ3n) is 3.82. The van der Waals surface area contributed by atoms with Crippen molar-refractivity contribution in [3.05, 3.63) is 0 Å². The summed E-state index contributed by atoms with van der Waals surface area (Å²) in [5, 5.41) is 3.39. The van der Waals surface area contributed by atoms with Crippen LogP contribution in [0.4, 0.5) is 0 Å². The van der Waals surface area contributed by atoms with E-state index in [9.17, 15) is 4.79 Å². The Bertz CT molecular complexity index is 243. The number of nitrogens with zero attached hydrogens (tertiary/aromatic N) is 1. The van der Waals surface area contributed by atoms with E-state index in [4.69, 9.17) is 0 Å². The molecule has 0 spiro atoms. The molecule has 1 amide bonds. The van der Waals surface area contributed by atoms with Crippen LogP contribution in [0.25, 0.3) is 0 Å². The molecule has 1 aliphatic heterocycles. The number of carbonyl (C=O) groups is 1. The highest BCUT2D eigenvalue weighted by Crippen LogP contribution is 2.16. The Kier molecular flexibility index (Phi) is 7.33. The number of hydrogen-bond donors (Lipinski definition) is 1. The van der Waals surface area contributed by atoms with E-state index < -0.39 is 0 Å². The lowest BCUT2D eigenvalue weighted by Gasteiger charge is -2.20. The van der Waals surface area contributed by atoms with Crippen molar-refractivity contribution in [2.45, 2.75) is 84.3 Å². The minimum Gasteiger partial charge on any atom is -0.326 e. The monoisotopic (exact) mass is 254 g/mol. The number of nitrogens with one attached hydrogen (secondary N) is 1. The Morgan fingerprint density at radius 3 is 2.39 bits per heavy atom. The smallest absolute Gasteiger partial charge is 0.241 e. The van der Waals surface area contributed by atoms with Crippen LogP contribution in [0.1, 0.15) is 72.1 Å². The number of rotatable bonds is 9. The predicted octanol–water partition coefficient (Wildman–Crippen LogP) is 3.29. The summed E-state index contributed by atoms with van der Waals surface area (Å²) in [6.07, 6.45) is 9.98. The molecule has 0 saturated carbocycles. The van der Waals surface area contributed by atoms with Gasteiger partial charge in [-0.15, -0.1) is 0 Å². The highest BCUT2D eigenvalue weighted by molar-refractivity contribution is 5.84. The van der Waals surface area contributed by atoms with Crippen LogP contribution in [0.5, 0.6) is 0 Å². The van der Waals surface area contributed by atoms with Crippen molar-refractivity contribution in [3.8, 4) is 0 Å². The second-order valence-corrected chi connectivity index (χ2v) is 5.48. The average Bonchev–Trinajstić information content (AvgIpc) is 2.61. The molecular formula is C15H30N2O. The molecule has 0 bridgehead atoms. The first-order valence-electron chi connectivity index (χ1n) is 7.77. The zero-order valence-corrected chi connectivity index (χ0v) is 12.4. The molecule has 3 nitrogen and oxygen atoms in total. The molecule has 18 heavy (non-hydrogen) atoms. The van der Waals surface area contributed by atoms with Gasteiger partial charge in [0.05, 0.1) is 12.2 Å². The fraction of sp³-hybridized carbons (Fsp3) is 0.933. The maximum absolute atomic E-state index is 12.1. The lowest BCUT2D eigenvalue weighted by molar-refractivity contribution is -0.130. The van der Waals surface area contributed by atoms with Gasteiger partial charge in [0.2, 0.25) is 5.91 Å². The van der Waals surface area contributed by atoms with E-state index in [0.29, 0.717) is 5.91 Å². The molecule has 0 aliphatic carbocycles. The molecule has 1 aliphatic rings. The first kappa shape index (κ1) is 15.5. The zero-order chi connectivity index (χ0) is 13.4. The van der Waals surface area contributed by atoms with Crippen molar-refractivity contribution in [1.29, 1.82) is 0 Å². The molecule has 2 atom stereocenters. The lowest BCUT2D eigenvalue weighted by Crippen LogP contribution is -2.35. The van der Waals surface area contributed by atoms with Gasteiger partial charge in [-0.3, -0.25) is 10.1 Å². The van der Waals surface area contributed by atoms with E-state index in [2.05, 4.69) is 26.1 Å². The summed E-state index contributed by atoms with van der Waals surface area (Å²) in [6.45, 7) is 7.41. The SMILES string of the molecule is CCCCCCCCN1C(=O)C(CCC)NC1C. The molecule has 0 aromatic carbocycles. The third-order valence-corrected chi connectivity index (χ3v) is 3.82. The first-order chi connectivity index (χ1) is 8.70. The lowest BCUT2D eigenvalue weighted by atomic mass is 10.1. The van der Waals surface area contributed by atoms with Gasteiger partial charge in [-0.1, -0.05) is 52.4 Å². The second kappa shape index (κ2) is 8.52. The van der Waals surface area contributed by atoms with Gasteiger partial charge in [-0.25, -0.2) is 0 Å². The minimum absolute atomic E-state index is 0.0742. The summed E-state index contributed by atoms with van der Waals surface area (Å²) in [6, 6.07) is 0.0742. The van der Waals surface area contributed by atoms with Crippen LogP contribution in [0.3, 0.4) is 0 Å². The van der Waals surface area contributed by atoms with E-state index in [1.54, 1.807) is 0 Å². The van der Waals surface area contributed by atoms with Gasteiger partial charge in [0.15, 0.2) is 0 Å². The standard InChI is InChI=1S/C15H30N2O/c1-4-6-7-8-9-10-12-17-13(3)16-14(11-5-2)15(17)18/h13-14,16H,4-12H2,1-3H3. The number of hydrogen-bond acceptors (Lipinski definition) is 2. The van der Waals surface area contributed by atoms with Crippen LogP contribution in [0.15, 0.2) is 0 Å². The number of amides is 1. The van der Waals surface area contributed by atoms with Gasteiger partial charge in [0.25, 0.3) is 0 Å². The van der Waals surface area contributed by atoms with Gasteiger partial charge in [-0.05, 0) is 19.8 Å². The van der Waals surface area contributed by atoms with E-state index in [1.165, 1.54) is 32.1 Å². The largest absolute Gasteiger partial charge is 0.326 e. The van der Waals surface area contributed by atoms with Crippen molar-refractivity contribution in [2.24, 2.45) is 0 Å². The third kappa shape index (κ3) is 4.60. The molecule has 1 saturated heterocycles. The number of unbranched alkanes of at least 4 members (excludes halogenated alkanes) is 5. The molecule has 1 N–H and O–H groups in total. The van der Waals surface area contributed by atoms with Gasteiger partial charge < -0.3 is 4.90 Å². The number of carbonyl (C=O) groups excluding carboxylic acids is 1. The van der Waals surface area contributed by atoms with E-state index in [1.807, 2.05) is 4.90 Å². The van der Waals surface area contributed by atoms with Crippen LogP contribution in [-0.2, 0) is 4.79 Å². The zero-order valence-electron chi connectivity index (χ0n) is 12.4. The Morgan fingerprint density at radius 1 is 1.06 bits per heavy atom. The predicted molar refractivity (Wildman–Crippen MR) is 76.4 cm³/mol. The van der Waals surface area contributed by atoms with Gasteiger partial charge in [0, 0.05) is 6.54 Å². The van der Waals surface area contributed by atoms with Gasteiger partial charge >= 0.3 is 0 Å². The maximum Gasteiger partial charge on any atom is 0.241 e. The summed E-state index contributed by atoms with van der Waals surface area (Å²) < 4.78 is 0. The van der Waals surface area contributed by atoms with Crippen LogP contribution < -0.4 is 5.32 Å². The molecule has 2 unspecified atom stereocenters. The van der Waals surface area contributed by atoms with Gasteiger partial charge in [-0.2, -0.15) is 0 Å². The average molecular weight is 254 g/mol. The molecule has 106 valence electrons. The van der Waals surface area contributed by atoms with E-state index in [0.717, 1.165) is 25.8 Å². The highest BCUT2D eigenvalue weighted by atomic mass is 16.2. The minimum atomic E-state index is 0.0742. The van der Waals surface area contributed by atoms with Crippen LogP contribution in [0, 0.1) is 0 Å². The Morgan fingerprint density at radius 2 is 1.72 bits per heavy atom. The summed E-state index contributed by atoms with van der Waals surface area (Å²) in [7, 11) is 0.